The molecule has 0 aliphatic rings. The van der Waals surface area contributed by atoms with Gasteiger partial charge in [0.15, 0.2) is 0 Å². The third kappa shape index (κ3) is 12.7. The van der Waals surface area contributed by atoms with Crippen LogP contribution in [0.5, 0.6) is 0 Å². The smallest absolute Gasteiger partial charge is 0.410 e. The second kappa shape index (κ2) is 16.2. The summed E-state index contributed by atoms with van der Waals surface area (Å²) in [6, 6.07) is -0.618. The second-order valence-electron chi connectivity index (χ2n) is 6.75. The lowest BCUT2D eigenvalue weighted by molar-refractivity contribution is -0.148. The van der Waals surface area contributed by atoms with Crippen LogP contribution in [0.25, 0.3) is 0 Å². The fourth-order valence-electron chi connectivity index (χ4n) is 2.49. The van der Waals surface area contributed by atoms with E-state index in [0.717, 1.165) is 19.3 Å². The van der Waals surface area contributed by atoms with Gasteiger partial charge in [0.2, 0.25) is 0 Å². The Hall–Kier alpha value is -1.26. The third-order valence-corrected chi connectivity index (χ3v) is 4.38. The SMILES string of the molecule is CCCCCCCCCCCCOC(=O)C(C)N(C)C(=O)OCCC. The zero-order chi connectivity index (χ0) is 18.9. The number of unbranched alkanes of at least 4 members (excludes halogenated alkanes) is 9. The second-order valence-corrected chi connectivity index (χ2v) is 6.75. The number of amides is 1. The minimum Gasteiger partial charge on any atom is -0.464 e. The van der Waals surface area contributed by atoms with E-state index in [-0.39, 0.29) is 5.97 Å². The average molecular weight is 358 g/mol. The molecule has 0 saturated carbocycles. The topological polar surface area (TPSA) is 55.8 Å². The number of carbonyl (C=O) groups excluding carboxylic acids is 2. The third-order valence-electron chi connectivity index (χ3n) is 4.38. The number of likely N-dealkylation sites (N-methyl/N-ethyl adjacent to an activating group) is 1. The number of rotatable bonds is 15. The van der Waals surface area contributed by atoms with Crippen molar-refractivity contribution in [1.82, 2.24) is 4.90 Å². The first-order valence-electron chi connectivity index (χ1n) is 10.1. The average Bonchev–Trinajstić information content (AvgIpc) is 2.62. The van der Waals surface area contributed by atoms with Crippen LogP contribution in [0, 0.1) is 0 Å². The Bertz CT molecular complexity index is 347. The van der Waals surface area contributed by atoms with Crippen LogP contribution in [-0.2, 0) is 14.3 Å². The van der Waals surface area contributed by atoms with Crippen LogP contribution in [0.4, 0.5) is 4.79 Å². The van der Waals surface area contributed by atoms with Crippen molar-refractivity contribution in [3.63, 3.8) is 0 Å². The van der Waals surface area contributed by atoms with Crippen LogP contribution in [-0.4, -0.2) is 43.3 Å². The molecule has 148 valence electrons. The Morgan fingerprint density at radius 1 is 0.760 bits per heavy atom. The summed E-state index contributed by atoms with van der Waals surface area (Å²) in [5, 5.41) is 0. The summed E-state index contributed by atoms with van der Waals surface area (Å²) in [6.07, 6.45) is 12.8. The molecule has 5 heteroatoms. The zero-order valence-corrected chi connectivity index (χ0v) is 16.8. The van der Waals surface area contributed by atoms with E-state index in [4.69, 9.17) is 9.47 Å². The molecule has 0 rings (SSSR count). The van der Waals surface area contributed by atoms with Crippen LogP contribution in [0.1, 0.15) is 91.4 Å². The van der Waals surface area contributed by atoms with Crippen LogP contribution < -0.4 is 0 Å². The number of hydrogen-bond acceptors (Lipinski definition) is 4. The number of carbonyl (C=O) groups is 2. The summed E-state index contributed by atoms with van der Waals surface area (Å²) < 4.78 is 10.3. The highest BCUT2D eigenvalue weighted by Crippen LogP contribution is 2.10. The molecule has 0 aromatic heterocycles. The Balaban J connectivity index is 3.61. The standard InChI is InChI=1S/C20H39NO4/c1-5-7-8-9-10-11-12-13-14-15-17-24-19(22)18(3)21(4)20(23)25-16-6-2/h18H,5-17H2,1-4H3. The molecule has 25 heavy (non-hydrogen) atoms. The predicted octanol–water partition coefficient (Wildman–Crippen LogP) is 5.32. The molecule has 0 heterocycles. The van der Waals surface area contributed by atoms with Crippen LogP contribution in [0.15, 0.2) is 0 Å². The molecule has 0 radical (unpaired) electrons. The predicted molar refractivity (Wildman–Crippen MR) is 102 cm³/mol. The Kier molecular flexibility index (Phi) is 15.4. The maximum atomic E-state index is 12.0. The Morgan fingerprint density at radius 3 is 1.80 bits per heavy atom. The van der Waals surface area contributed by atoms with E-state index in [1.54, 1.807) is 14.0 Å². The number of esters is 1. The number of nitrogens with zero attached hydrogens (tertiary/aromatic N) is 1. The molecule has 0 bridgehead atoms. The van der Waals surface area contributed by atoms with Crippen molar-refractivity contribution in [2.45, 2.75) is 97.4 Å². The highest BCUT2D eigenvalue weighted by molar-refractivity contribution is 5.80. The van der Waals surface area contributed by atoms with Gasteiger partial charge in [-0.2, -0.15) is 0 Å². The summed E-state index contributed by atoms with van der Waals surface area (Å²) >= 11 is 0. The van der Waals surface area contributed by atoms with Crippen LogP contribution in [0.3, 0.4) is 0 Å². The van der Waals surface area contributed by atoms with E-state index in [9.17, 15) is 9.59 Å². The maximum absolute atomic E-state index is 12.0. The van der Waals surface area contributed by atoms with E-state index in [1.165, 1.54) is 56.3 Å². The zero-order valence-electron chi connectivity index (χ0n) is 16.8. The van der Waals surface area contributed by atoms with Gasteiger partial charge in [0, 0.05) is 7.05 Å². The van der Waals surface area contributed by atoms with Crippen molar-refractivity contribution in [1.29, 1.82) is 0 Å². The van der Waals surface area contributed by atoms with Gasteiger partial charge in [0.25, 0.3) is 0 Å². The molecule has 0 aliphatic carbocycles. The van der Waals surface area contributed by atoms with Gasteiger partial charge in [-0.1, -0.05) is 71.6 Å². The molecule has 0 spiro atoms. The van der Waals surface area contributed by atoms with E-state index in [1.807, 2.05) is 6.92 Å². The molecule has 1 amide bonds. The van der Waals surface area contributed by atoms with Crippen LogP contribution in [0.2, 0.25) is 0 Å². The Morgan fingerprint density at radius 2 is 1.28 bits per heavy atom. The van der Waals surface area contributed by atoms with Gasteiger partial charge in [-0.05, 0) is 19.8 Å². The summed E-state index contributed by atoms with van der Waals surface area (Å²) in [4.78, 5) is 24.9. The molecular formula is C20H39NO4. The van der Waals surface area contributed by atoms with E-state index in [0.29, 0.717) is 13.2 Å². The Labute approximate surface area is 154 Å². The first kappa shape index (κ1) is 23.7. The van der Waals surface area contributed by atoms with E-state index < -0.39 is 12.1 Å². The minimum absolute atomic E-state index is 0.365. The molecule has 0 N–H and O–H groups in total. The molecule has 1 unspecified atom stereocenters. The number of hydrogen-bond donors (Lipinski definition) is 0. The maximum Gasteiger partial charge on any atom is 0.410 e. The van der Waals surface area contributed by atoms with Crippen molar-refractivity contribution in [3.8, 4) is 0 Å². The first-order valence-corrected chi connectivity index (χ1v) is 10.1. The van der Waals surface area contributed by atoms with Crippen LogP contribution >= 0.6 is 0 Å². The lowest BCUT2D eigenvalue weighted by Crippen LogP contribution is -2.41. The fourth-order valence-corrected chi connectivity index (χ4v) is 2.49. The highest BCUT2D eigenvalue weighted by Gasteiger charge is 2.24. The molecule has 0 fully saturated rings. The largest absolute Gasteiger partial charge is 0.464 e. The lowest BCUT2D eigenvalue weighted by Gasteiger charge is -2.22. The van der Waals surface area contributed by atoms with Gasteiger partial charge in [-0.25, -0.2) is 9.59 Å². The first-order chi connectivity index (χ1) is 12.0. The van der Waals surface area contributed by atoms with Crippen molar-refractivity contribution in [2.75, 3.05) is 20.3 Å². The molecule has 0 saturated heterocycles. The monoisotopic (exact) mass is 357 g/mol. The minimum atomic E-state index is -0.618. The molecule has 1 atom stereocenters. The van der Waals surface area contributed by atoms with Crippen molar-refractivity contribution < 1.29 is 19.1 Å². The van der Waals surface area contributed by atoms with Crippen molar-refractivity contribution >= 4 is 12.1 Å². The van der Waals surface area contributed by atoms with Gasteiger partial charge in [-0.3, -0.25) is 4.90 Å². The molecule has 0 aromatic carbocycles. The van der Waals surface area contributed by atoms with Gasteiger partial charge in [0.1, 0.15) is 6.04 Å². The lowest BCUT2D eigenvalue weighted by atomic mass is 10.1. The molecule has 5 nitrogen and oxygen atoms in total. The van der Waals surface area contributed by atoms with Gasteiger partial charge in [-0.15, -0.1) is 0 Å². The van der Waals surface area contributed by atoms with E-state index >= 15 is 0 Å². The summed E-state index contributed by atoms with van der Waals surface area (Å²) in [5.41, 5.74) is 0. The quantitative estimate of drug-likeness (QED) is 0.294. The van der Waals surface area contributed by atoms with Gasteiger partial charge < -0.3 is 9.47 Å². The molecular weight excluding hydrogens is 318 g/mol. The van der Waals surface area contributed by atoms with Gasteiger partial charge >= 0.3 is 12.1 Å². The van der Waals surface area contributed by atoms with Crippen molar-refractivity contribution in [2.24, 2.45) is 0 Å². The number of ether oxygens (including phenoxy) is 2. The van der Waals surface area contributed by atoms with E-state index in [2.05, 4.69) is 6.92 Å². The van der Waals surface area contributed by atoms with Crippen molar-refractivity contribution in [3.05, 3.63) is 0 Å². The summed E-state index contributed by atoms with van der Waals surface area (Å²) in [6.45, 7) is 6.62. The summed E-state index contributed by atoms with van der Waals surface area (Å²) in [5.74, 6) is -0.369. The summed E-state index contributed by atoms with van der Waals surface area (Å²) in [7, 11) is 1.56. The van der Waals surface area contributed by atoms with Gasteiger partial charge in [0.05, 0.1) is 13.2 Å². The fraction of sp³-hybridized carbons (Fsp3) is 0.900. The normalized spacial score (nSPS) is 11.8. The molecule has 0 aromatic rings. The molecule has 0 aliphatic heterocycles. The highest BCUT2D eigenvalue weighted by atomic mass is 16.6.